The van der Waals surface area contributed by atoms with Crippen LogP contribution in [0.3, 0.4) is 0 Å². The van der Waals surface area contributed by atoms with E-state index >= 15 is 0 Å². The smallest absolute Gasteiger partial charge is 0.223 e. The van der Waals surface area contributed by atoms with Crippen LogP contribution in [0.15, 0.2) is 24.3 Å². The molecule has 0 fully saturated rings. The van der Waals surface area contributed by atoms with E-state index in [1.165, 1.54) is 13.2 Å². The Morgan fingerprint density at radius 2 is 2.00 bits per heavy atom. The molecule has 0 radical (unpaired) electrons. The molecular weight excluding hydrogens is 261 g/mol. The highest BCUT2D eigenvalue weighted by Crippen LogP contribution is 2.25. The molecule has 1 heterocycles. The summed E-state index contributed by atoms with van der Waals surface area (Å²) in [7, 11) is 1.52. The molecule has 0 saturated carbocycles. The molecule has 0 amide bonds. The van der Waals surface area contributed by atoms with Crippen LogP contribution in [-0.4, -0.2) is 23.6 Å². The van der Waals surface area contributed by atoms with Crippen molar-refractivity contribution >= 4 is 23.3 Å². The second-order valence-corrected chi connectivity index (χ2v) is 4.00. The highest BCUT2D eigenvalue weighted by atomic mass is 19.1. The summed E-state index contributed by atoms with van der Waals surface area (Å²) in [4.78, 5) is 8.03. The Kier molecular flexibility index (Phi) is 4.19. The quantitative estimate of drug-likeness (QED) is 0.778. The first-order valence-electron chi connectivity index (χ1n) is 6.11. The fourth-order valence-electron chi connectivity index (χ4n) is 1.67. The molecule has 7 heteroatoms. The highest BCUT2D eigenvalue weighted by Gasteiger charge is 2.07. The number of nitrogens with one attached hydrogen (secondary N) is 2. The van der Waals surface area contributed by atoms with E-state index in [0.29, 0.717) is 23.9 Å². The van der Waals surface area contributed by atoms with Crippen LogP contribution in [0.25, 0.3) is 0 Å². The van der Waals surface area contributed by atoms with Crippen molar-refractivity contribution in [3.8, 4) is 5.75 Å². The zero-order valence-electron chi connectivity index (χ0n) is 11.3. The molecule has 0 spiro atoms. The van der Waals surface area contributed by atoms with Crippen LogP contribution < -0.4 is 21.1 Å². The fourth-order valence-corrected chi connectivity index (χ4v) is 1.67. The van der Waals surface area contributed by atoms with Crippen LogP contribution >= 0.6 is 0 Å². The van der Waals surface area contributed by atoms with Crippen molar-refractivity contribution in [3.63, 3.8) is 0 Å². The van der Waals surface area contributed by atoms with Crippen molar-refractivity contribution in [3.05, 3.63) is 30.1 Å². The predicted molar refractivity (Wildman–Crippen MR) is 76.8 cm³/mol. The number of halogens is 1. The third-order valence-electron chi connectivity index (χ3n) is 2.54. The van der Waals surface area contributed by atoms with Gasteiger partial charge in [0, 0.05) is 18.7 Å². The fraction of sp³-hybridized carbons (Fsp3) is 0.231. The molecule has 1 aromatic heterocycles. The molecule has 0 aliphatic heterocycles. The number of ether oxygens (including phenoxy) is 1. The van der Waals surface area contributed by atoms with Crippen molar-refractivity contribution in [1.29, 1.82) is 0 Å². The number of anilines is 4. The SMILES string of the molecule is CCNc1cc(Nc2cc(OC)ccc2F)nc(N)n1. The standard InChI is InChI=1S/C13H16FN5O/c1-3-16-11-7-12(19-13(15)18-11)17-10-6-8(20-2)4-5-9(10)14/h4-7H,3H2,1-2H3,(H4,15,16,17,18,19). The topological polar surface area (TPSA) is 85.1 Å². The average Bonchev–Trinajstić information content (AvgIpc) is 2.41. The third-order valence-corrected chi connectivity index (χ3v) is 2.54. The van der Waals surface area contributed by atoms with Gasteiger partial charge in [-0.2, -0.15) is 9.97 Å². The molecule has 0 aliphatic rings. The van der Waals surface area contributed by atoms with E-state index in [9.17, 15) is 4.39 Å². The van der Waals surface area contributed by atoms with E-state index in [-0.39, 0.29) is 11.6 Å². The first kappa shape index (κ1) is 13.9. The van der Waals surface area contributed by atoms with Crippen LogP contribution in [0.1, 0.15) is 6.92 Å². The lowest BCUT2D eigenvalue weighted by molar-refractivity contribution is 0.414. The molecule has 106 valence electrons. The molecule has 0 aliphatic carbocycles. The van der Waals surface area contributed by atoms with Gasteiger partial charge in [0.1, 0.15) is 23.2 Å². The van der Waals surface area contributed by atoms with Gasteiger partial charge in [-0.15, -0.1) is 0 Å². The summed E-state index contributed by atoms with van der Waals surface area (Å²) in [6, 6.07) is 6.05. The van der Waals surface area contributed by atoms with E-state index in [1.54, 1.807) is 18.2 Å². The number of nitrogens with zero attached hydrogens (tertiary/aromatic N) is 2. The third kappa shape index (κ3) is 3.25. The van der Waals surface area contributed by atoms with Crippen LogP contribution in [0.5, 0.6) is 5.75 Å². The van der Waals surface area contributed by atoms with Crippen LogP contribution in [0, 0.1) is 5.82 Å². The number of benzene rings is 1. The van der Waals surface area contributed by atoms with E-state index in [2.05, 4.69) is 20.6 Å². The van der Waals surface area contributed by atoms with Crippen molar-refractivity contribution < 1.29 is 9.13 Å². The summed E-state index contributed by atoms with van der Waals surface area (Å²) >= 11 is 0. The Morgan fingerprint density at radius 1 is 1.25 bits per heavy atom. The minimum atomic E-state index is -0.409. The Morgan fingerprint density at radius 3 is 2.70 bits per heavy atom. The maximum Gasteiger partial charge on any atom is 0.223 e. The van der Waals surface area contributed by atoms with Gasteiger partial charge in [-0.05, 0) is 19.1 Å². The second-order valence-electron chi connectivity index (χ2n) is 4.00. The van der Waals surface area contributed by atoms with Gasteiger partial charge in [0.05, 0.1) is 12.8 Å². The van der Waals surface area contributed by atoms with E-state index in [1.807, 2.05) is 6.92 Å². The normalized spacial score (nSPS) is 10.2. The molecule has 4 N–H and O–H groups in total. The number of hydrogen-bond donors (Lipinski definition) is 3. The van der Waals surface area contributed by atoms with Gasteiger partial charge in [0.25, 0.3) is 0 Å². The van der Waals surface area contributed by atoms with Crippen LogP contribution in [0.2, 0.25) is 0 Å². The molecule has 2 aromatic rings. The Hall–Kier alpha value is -2.57. The minimum Gasteiger partial charge on any atom is -0.497 e. The molecule has 0 atom stereocenters. The molecule has 0 bridgehead atoms. The summed E-state index contributed by atoms with van der Waals surface area (Å²) in [6.07, 6.45) is 0. The summed E-state index contributed by atoms with van der Waals surface area (Å²) < 4.78 is 18.8. The largest absolute Gasteiger partial charge is 0.497 e. The lowest BCUT2D eigenvalue weighted by Crippen LogP contribution is -2.06. The maximum atomic E-state index is 13.7. The van der Waals surface area contributed by atoms with Crippen molar-refractivity contribution in [2.24, 2.45) is 0 Å². The van der Waals surface area contributed by atoms with Gasteiger partial charge in [-0.1, -0.05) is 0 Å². The van der Waals surface area contributed by atoms with Crippen molar-refractivity contribution in [2.75, 3.05) is 30.0 Å². The summed E-state index contributed by atoms with van der Waals surface area (Å²) in [5.41, 5.74) is 5.87. The number of rotatable bonds is 5. The molecule has 0 unspecified atom stereocenters. The van der Waals surface area contributed by atoms with E-state index in [4.69, 9.17) is 10.5 Å². The highest BCUT2D eigenvalue weighted by molar-refractivity contribution is 5.62. The first-order valence-corrected chi connectivity index (χ1v) is 6.11. The minimum absolute atomic E-state index is 0.106. The van der Waals surface area contributed by atoms with Gasteiger partial charge in [0.15, 0.2) is 0 Å². The molecule has 2 rings (SSSR count). The van der Waals surface area contributed by atoms with E-state index in [0.717, 1.165) is 0 Å². The number of nitrogen functional groups attached to an aromatic ring is 1. The lowest BCUT2D eigenvalue weighted by atomic mass is 10.3. The molecule has 6 nitrogen and oxygen atoms in total. The number of nitrogens with two attached hydrogens (primary N) is 1. The zero-order valence-corrected chi connectivity index (χ0v) is 11.3. The van der Waals surface area contributed by atoms with Gasteiger partial charge >= 0.3 is 0 Å². The number of methoxy groups -OCH3 is 1. The lowest BCUT2D eigenvalue weighted by Gasteiger charge is -2.10. The maximum absolute atomic E-state index is 13.7. The molecule has 0 saturated heterocycles. The van der Waals surface area contributed by atoms with Crippen molar-refractivity contribution in [1.82, 2.24) is 9.97 Å². The monoisotopic (exact) mass is 277 g/mol. The summed E-state index contributed by atoms with van der Waals surface area (Å²) in [5.74, 6) is 1.22. The van der Waals surface area contributed by atoms with E-state index < -0.39 is 5.82 Å². The molecule has 20 heavy (non-hydrogen) atoms. The molecular formula is C13H16FN5O. The Bertz CT molecular complexity index is 605. The summed E-state index contributed by atoms with van der Waals surface area (Å²) in [6.45, 7) is 2.64. The van der Waals surface area contributed by atoms with Crippen LogP contribution in [-0.2, 0) is 0 Å². The number of hydrogen-bond acceptors (Lipinski definition) is 6. The van der Waals surface area contributed by atoms with Crippen molar-refractivity contribution in [2.45, 2.75) is 6.92 Å². The molecule has 1 aromatic carbocycles. The Balaban J connectivity index is 2.29. The Labute approximate surface area is 116 Å². The first-order chi connectivity index (χ1) is 9.62. The van der Waals surface area contributed by atoms with Gasteiger partial charge in [0.2, 0.25) is 5.95 Å². The average molecular weight is 277 g/mol. The van der Waals surface area contributed by atoms with Crippen LogP contribution in [0.4, 0.5) is 27.7 Å². The number of aromatic nitrogens is 2. The van der Waals surface area contributed by atoms with Gasteiger partial charge in [-0.3, -0.25) is 0 Å². The predicted octanol–water partition coefficient (Wildman–Crippen LogP) is 2.38. The summed E-state index contributed by atoms with van der Waals surface area (Å²) in [5, 5.41) is 5.88. The van der Waals surface area contributed by atoms with Gasteiger partial charge < -0.3 is 21.1 Å². The zero-order chi connectivity index (χ0) is 14.5. The second kappa shape index (κ2) is 6.05. The van der Waals surface area contributed by atoms with Gasteiger partial charge in [-0.25, -0.2) is 4.39 Å².